The van der Waals surface area contributed by atoms with Gasteiger partial charge in [0.2, 0.25) is 0 Å². The minimum atomic E-state index is -0.308. The Kier molecular flexibility index (Phi) is 6.61. The van der Waals surface area contributed by atoms with Crippen LogP contribution in [0.4, 0.5) is 0 Å². The number of aromatic nitrogens is 4. The molecule has 2 aromatic heterocycles. The van der Waals surface area contributed by atoms with Crippen molar-refractivity contribution in [2.75, 3.05) is 0 Å². The van der Waals surface area contributed by atoms with Crippen molar-refractivity contribution in [1.82, 2.24) is 19.1 Å². The monoisotopic (exact) mass is 548 g/mol. The summed E-state index contributed by atoms with van der Waals surface area (Å²) in [4.78, 5) is 9.96. The number of imidazole rings is 2. The van der Waals surface area contributed by atoms with Crippen molar-refractivity contribution >= 4 is 22.1 Å². The SMILES string of the molecule is Cc1cc(C)c(C(C)(C)n2cnc3c(C)c(C)c(C)c(C)c32)c(C)c1C(C)(C)n1cnc2c(C)c(C)c(C)c(C)c21. The molecule has 0 aliphatic carbocycles. The number of nitrogens with zero attached hydrogens (tertiary/aromatic N) is 4. The lowest BCUT2D eigenvalue weighted by molar-refractivity contribution is 0.424. The van der Waals surface area contributed by atoms with Gasteiger partial charge in [-0.25, -0.2) is 9.97 Å². The minimum absolute atomic E-state index is 0.308. The van der Waals surface area contributed by atoms with Crippen molar-refractivity contribution in [3.8, 4) is 0 Å². The molecular weight excluding hydrogens is 500 g/mol. The second-order valence-electron chi connectivity index (χ2n) is 13.6. The van der Waals surface area contributed by atoms with Gasteiger partial charge in [0, 0.05) is 0 Å². The molecule has 0 saturated carbocycles. The Balaban J connectivity index is 1.80. The summed E-state index contributed by atoms with van der Waals surface area (Å²) in [6.07, 6.45) is 4.13. The number of rotatable bonds is 4. The largest absolute Gasteiger partial charge is 0.320 e. The molecule has 3 aromatic carbocycles. The van der Waals surface area contributed by atoms with Crippen LogP contribution in [0.2, 0.25) is 0 Å². The first kappa shape index (κ1) is 29.1. The van der Waals surface area contributed by atoms with E-state index in [2.05, 4.69) is 132 Å². The maximum absolute atomic E-state index is 4.98. The first-order valence-electron chi connectivity index (χ1n) is 15.0. The van der Waals surface area contributed by atoms with Crippen LogP contribution in [0.3, 0.4) is 0 Å². The maximum Gasteiger partial charge on any atom is 0.0966 e. The van der Waals surface area contributed by atoms with E-state index in [9.17, 15) is 0 Å². The van der Waals surface area contributed by atoms with E-state index in [0.29, 0.717) is 0 Å². The first-order chi connectivity index (χ1) is 19.0. The fourth-order valence-corrected chi connectivity index (χ4v) is 7.95. The molecule has 0 aliphatic heterocycles. The molecule has 5 aromatic rings. The Bertz CT molecular complexity index is 1750. The molecule has 4 heteroatoms. The van der Waals surface area contributed by atoms with E-state index in [0.717, 1.165) is 11.0 Å². The van der Waals surface area contributed by atoms with Gasteiger partial charge in [-0.3, -0.25) is 0 Å². The highest BCUT2D eigenvalue weighted by Crippen LogP contribution is 2.43. The van der Waals surface area contributed by atoms with E-state index in [4.69, 9.17) is 9.97 Å². The number of fused-ring (bicyclic) bond motifs is 2. The van der Waals surface area contributed by atoms with Gasteiger partial charge in [-0.1, -0.05) is 6.07 Å². The summed E-state index contributed by atoms with van der Waals surface area (Å²) in [6, 6.07) is 2.39. The Morgan fingerprint density at radius 2 is 0.756 bits per heavy atom. The zero-order valence-electron chi connectivity index (χ0n) is 28.0. The topological polar surface area (TPSA) is 35.6 Å². The summed E-state index contributed by atoms with van der Waals surface area (Å²) in [5.74, 6) is 0. The standard InChI is InChI=1S/C37H48N4/c1-19-16-20(2)31(37(14,15)41-18-39-33-26(8)22(4)24(6)28(10)35(33)41)29(11)30(19)36(12,13)40-17-38-32-25(7)21(3)23(5)27(9)34(32)40/h16-18H,1-15H3. The Hall–Kier alpha value is -3.40. The number of hydrogen-bond donors (Lipinski definition) is 0. The fraction of sp³-hybridized carbons (Fsp3) is 0.459. The summed E-state index contributed by atoms with van der Waals surface area (Å²) in [6.45, 7) is 34.1. The molecule has 0 fully saturated rings. The normalized spacial score (nSPS) is 12.8. The zero-order valence-corrected chi connectivity index (χ0v) is 28.0. The lowest BCUT2D eigenvalue weighted by Gasteiger charge is -2.38. The Labute approximate surface area is 246 Å². The molecular formula is C37H48N4. The minimum Gasteiger partial charge on any atom is -0.320 e. The summed E-state index contributed by atoms with van der Waals surface area (Å²) in [7, 11) is 0. The van der Waals surface area contributed by atoms with Crippen molar-refractivity contribution < 1.29 is 0 Å². The van der Waals surface area contributed by atoms with Gasteiger partial charge in [0.25, 0.3) is 0 Å². The van der Waals surface area contributed by atoms with Gasteiger partial charge in [0.15, 0.2) is 0 Å². The highest BCUT2D eigenvalue weighted by Gasteiger charge is 2.36. The maximum atomic E-state index is 4.98. The van der Waals surface area contributed by atoms with Crippen LogP contribution in [0.15, 0.2) is 18.7 Å². The van der Waals surface area contributed by atoms with E-state index in [-0.39, 0.29) is 11.1 Å². The summed E-state index contributed by atoms with van der Waals surface area (Å²) in [5, 5.41) is 0. The molecule has 0 amide bonds. The number of benzene rings is 3. The smallest absolute Gasteiger partial charge is 0.0966 e. The molecule has 0 atom stereocenters. The van der Waals surface area contributed by atoms with Crippen molar-refractivity contribution in [3.63, 3.8) is 0 Å². The van der Waals surface area contributed by atoms with Crippen molar-refractivity contribution in [1.29, 1.82) is 0 Å². The van der Waals surface area contributed by atoms with Crippen LogP contribution < -0.4 is 0 Å². The molecule has 0 aliphatic rings. The second kappa shape index (κ2) is 9.31. The molecule has 0 N–H and O–H groups in total. The molecule has 0 spiro atoms. The first-order valence-corrected chi connectivity index (χ1v) is 15.0. The van der Waals surface area contributed by atoms with Gasteiger partial charge in [-0.05, 0) is 176 Å². The fourth-order valence-electron chi connectivity index (χ4n) is 7.95. The lowest BCUT2D eigenvalue weighted by atomic mass is 9.77. The van der Waals surface area contributed by atoms with Crippen LogP contribution >= 0.6 is 0 Å². The molecule has 0 radical (unpaired) electrons. The van der Waals surface area contributed by atoms with Crippen molar-refractivity contribution in [2.45, 2.75) is 115 Å². The third-order valence-corrected chi connectivity index (χ3v) is 10.7. The highest BCUT2D eigenvalue weighted by atomic mass is 15.1. The highest BCUT2D eigenvalue weighted by molar-refractivity contribution is 5.86. The van der Waals surface area contributed by atoms with E-state index >= 15 is 0 Å². The zero-order chi connectivity index (χ0) is 30.5. The molecule has 0 unspecified atom stereocenters. The average Bonchev–Trinajstić information content (AvgIpc) is 3.54. The Morgan fingerprint density at radius 3 is 1.10 bits per heavy atom. The van der Waals surface area contributed by atoms with E-state index < -0.39 is 0 Å². The van der Waals surface area contributed by atoms with E-state index in [1.165, 1.54) is 83.4 Å². The van der Waals surface area contributed by atoms with Crippen molar-refractivity contribution in [2.24, 2.45) is 0 Å². The molecule has 0 saturated heterocycles. The lowest BCUT2D eigenvalue weighted by Crippen LogP contribution is -2.34. The van der Waals surface area contributed by atoms with Crippen LogP contribution in [0, 0.1) is 76.2 Å². The van der Waals surface area contributed by atoms with E-state index in [1.807, 2.05) is 0 Å². The quantitative estimate of drug-likeness (QED) is 0.224. The molecule has 2 heterocycles. The van der Waals surface area contributed by atoms with Crippen LogP contribution in [0.5, 0.6) is 0 Å². The third-order valence-electron chi connectivity index (χ3n) is 10.7. The Morgan fingerprint density at radius 1 is 0.439 bits per heavy atom. The average molecular weight is 549 g/mol. The summed E-state index contributed by atoms with van der Waals surface area (Å²) >= 11 is 0. The molecule has 41 heavy (non-hydrogen) atoms. The summed E-state index contributed by atoms with van der Waals surface area (Å²) < 4.78 is 4.84. The van der Waals surface area contributed by atoms with Crippen LogP contribution in [-0.4, -0.2) is 19.1 Å². The molecule has 0 bridgehead atoms. The third kappa shape index (κ3) is 3.86. The number of aryl methyl sites for hydroxylation is 6. The van der Waals surface area contributed by atoms with E-state index in [1.54, 1.807) is 0 Å². The van der Waals surface area contributed by atoms with Crippen LogP contribution in [0.25, 0.3) is 22.1 Å². The summed E-state index contributed by atoms with van der Waals surface area (Å²) in [5.41, 5.74) is 21.4. The molecule has 4 nitrogen and oxygen atoms in total. The van der Waals surface area contributed by atoms with Gasteiger partial charge in [0.05, 0.1) is 45.8 Å². The predicted molar refractivity (Wildman–Crippen MR) is 175 cm³/mol. The van der Waals surface area contributed by atoms with Gasteiger partial charge < -0.3 is 9.13 Å². The van der Waals surface area contributed by atoms with Gasteiger partial charge in [-0.2, -0.15) is 0 Å². The number of hydrogen-bond acceptors (Lipinski definition) is 2. The van der Waals surface area contributed by atoms with Gasteiger partial charge in [0.1, 0.15) is 0 Å². The van der Waals surface area contributed by atoms with Crippen molar-refractivity contribution in [3.05, 3.63) is 91.0 Å². The van der Waals surface area contributed by atoms with Gasteiger partial charge >= 0.3 is 0 Å². The second-order valence-corrected chi connectivity index (χ2v) is 13.6. The molecule has 5 rings (SSSR count). The van der Waals surface area contributed by atoms with Gasteiger partial charge in [-0.15, -0.1) is 0 Å². The molecule has 216 valence electrons. The van der Waals surface area contributed by atoms with Crippen LogP contribution in [0.1, 0.15) is 100 Å². The van der Waals surface area contributed by atoms with Crippen LogP contribution in [-0.2, 0) is 11.1 Å². The predicted octanol–water partition coefficient (Wildman–Crippen LogP) is 9.35.